The summed E-state index contributed by atoms with van der Waals surface area (Å²) in [7, 11) is 0. The highest BCUT2D eigenvalue weighted by molar-refractivity contribution is 7.99. The molecule has 110 valence electrons. The smallest absolute Gasteiger partial charge is 0.136 e. The van der Waals surface area contributed by atoms with E-state index in [9.17, 15) is 4.39 Å². The van der Waals surface area contributed by atoms with Gasteiger partial charge in [0.2, 0.25) is 0 Å². The van der Waals surface area contributed by atoms with Gasteiger partial charge in [-0.1, -0.05) is 12.1 Å². The van der Waals surface area contributed by atoms with Gasteiger partial charge in [-0.3, -0.25) is 4.90 Å². The van der Waals surface area contributed by atoms with Gasteiger partial charge in [0.15, 0.2) is 0 Å². The van der Waals surface area contributed by atoms with Crippen LogP contribution in [0.3, 0.4) is 0 Å². The standard InChI is InChI=1S/C16H23FN2S/c1-16(2)13-10-18-9-12(13)11-19(16)7-8-20-15-6-4-3-5-14(15)17/h3-6,12-13,18H,7-11H2,1-2H3. The summed E-state index contributed by atoms with van der Waals surface area (Å²) in [6.45, 7) is 9.25. The Hall–Kier alpha value is -0.580. The summed E-state index contributed by atoms with van der Waals surface area (Å²) in [5, 5.41) is 3.51. The van der Waals surface area contributed by atoms with E-state index in [4.69, 9.17) is 0 Å². The summed E-state index contributed by atoms with van der Waals surface area (Å²) in [6.07, 6.45) is 0. The van der Waals surface area contributed by atoms with Crippen molar-refractivity contribution in [2.45, 2.75) is 24.3 Å². The lowest BCUT2D eigenvalue weighted by molar-refractivity contribution is 0.149. The lowest BCUT2D eigenvalue weighted by Gasteiger charge is -2.35. The Morgan fingerprint density at radius 3 is 2.90 bits per heavy atom. The molecule has 2 aliphatic rings. The van der Waals surface area contributed by atoms with E-state index in [-0.39, 0.29) is 11.4 Å². The number of likely N-dealkylation sites (tertiary alicyclic amines) is 1. The van der Waals surface area contributed by atoms with Gasteiger partial charge in [-0.25, -0.2) is 4.39 Å². The van der Waals surface area contributed by atoms with Gasteiger partial charge in [0.1, 0.15) is 5.82 Å². The average Bonchev–Trinajstić information content (AvgIpc) is 2.96. The second kappa shape index (κ2) is 5.66. The molecule has 1 aromatic rings. The van der Waals surface area contributed by atoms with E-state index in [0.717, 1.165) is 42.1 Å². The first-order chi connectivity index (χ1) is 9.59. The first-order valence-electron chi connectivity index (χ1n) is 7.42. The lowest BCUT2D eigenvalue weighted by Crippen LogP contribution is -2.45. The second-order valence-corrected chi connectivity index (χ2v) is 7.54. The Morgan fingerprint density at radius 1 is 1.35 bits per heavy atom. The minimum Gasteiger partial charge on any atom is -0.316 e. The van der Waals surface area contributed by atoms with Crippen molar-refractivity contribution < 1.29 is 4.39 Å². The van der Waals surface area contributed by atoms with E-state index in [1.807, 2.05) is 12.1 Å². The summed E-state index contributed by atoms with van der Waals surface area (Å²) in [6, 6.07) is 7.06. The Morgan fingerprint density at radius 2 is 2.15 bits per heavy atom. The molecule has 4 heteroatoms. The van der Waals surface area contributed by atoms with Crippen molar-refractivity contribution in [1.82, 2.24) is 10.2 Å². The molecule has 0 aromatic heterocycles. The number of hydrogen-bond donors (Lipinski definition) is 1. The zero-order chi connectivity index (χ0) is 14.2. The number of thioether (sulfide) groups is 1. The van der Waals surface area contributed by atoms with Crippen LogP contribution in [0, 0.1) is 17.7 Å². The molecule has 0 spiro atoms. The van der Waals surface area contributed by atoms with Gasteiger partial charge in [0.05, 0.1) is 0 Å². The van der Waals surface area contributed by atoms with Crippen LogP contribution in [0.25, 0.3) is 0 Å². The maximum Gasteiger partial charge on any atom is 0.136 e. The van der Waals surface area contributed by atoms with Crippen molar-refractivity contribution in [3.8, 4) is 0 Å². The number of halogens is 1. The van der Waals surface area contributed by atoms with Gasteiger partial charge in [-0.15, -0.1) is 11.8 Å². The molecule has 2 fully saturated rings. The molecule has 0 aliphatic carbocycles. The van der Waals surface area contributed by atoms with Crippen molar-refractivity contribution in [3.63, 3.8) is 0 Å². The first-order valence-corrected chi connectivity index (χ1v) is 8.40. The Labute approximate surface area is 125 Å². The number of fused-ring (bicyclic) bond motifs is 1. The van der Waals surface area contributed by atoms with Crippen LogP contribution in [-0.4, -0.2) is 42.4 Å². The molecule has 2 saturated heterocycles. The van der Waals surface area contributed by atoms with E-state index in [2.05, 4.69) is 24.1 Å². The van der Waals surface area contributed by atoms with Crippen LogP contribution in [0.5, 0.6) is 0 Å². The summed E-state index contributed by atoms with van der Waals surface area (Å²) in [5.41, 5.74) is 0.268. The summed E-state index contributed by atoms with van der Waals surface area (Å²) >= 11 is 1.63. The zero-order valence-corrected chi connectivity index (χ0v) is 13.0. The molecule has 2 unspecified atom stereocenters. The second-order valence-electron chi connectivity index (χ2n) is 6.40. The molecule has 2 nitrogen and oxygen atoms in total. The molecule has 1 aromatic carbocycles. The largest absolute Gasteiger partial charge is 0.316 e. The highest BCUT2D eigenvalue weighted by atomic mass is 32.2. The van der Waals surface area contributed by atoms with Gasteiger partial charge in [0.25, 0.3) is 0 Å². The van der Waals surface area contributed by atoms with Crippen molar-refractivity contribution in [3.05, 3.63) is 30.1 Å². The maximum atomic E-state index is 13.6. The van der Waals surface area contributed by atoms with Crippen LogP contribution in [0.2, 0.25) is 0 Å². The molecule has 0 radical (unpaired) electrons. The van der Waals surface area contributed by atoms with Gasteiger partial charge >= 0.3 is 0 Å². The zero-order valence-electron chi connectivity index (χ0n) is 12.2. The Balaban J connectivity index is 1.56. The third kappa shape index (κ3) is 2.61. The van der Waals surface area contributed by atoms with E-state index in [1.54, 1.807) is 17.8 Å². The molecule has 0 saturated carbocycles. The SMILES string of the molecule is CC1(C)C2CNCC2CN1CCSc1ccccc1F. The highest BCUT2D eigenvalue weighted by Gasteiger charge is 2.48. The van der Waals surface area contributed by atoms with Crippen molar-refractivity contribution >= 4 is 11.8 Å². The third-order valence-electron chi connectivity index (χ3n) is 4.97. The molecule has 3 rings (SSSR count). The average molecular weight is 294 g/mol. The predicted molar refractivity (Wildman–Crippen MR) is 82.6 cm³/mol. The van der Waals surface area contributed by atoms with Gasteiger partial charge in [0, 0.05) is 35.8 Å². The maximum absolute atomic E-state index is 13.6. The first kappa shape index (κ1) is 14.4. The molecular weight excluding hydrogens is 271 g/mol. The predicted octanol–water partition coefficient (Wildman–Crippen LogP) is 2.85. The minimum absolute atomic E-state index is 0.0979. The van der Waals surface area contributed by atoms with Crippen LogP contribution in [0.4, 0.5) is 4.39 Å². The van der Waals surface area contributed by atoms with E-state index in [1.165, 1.54) is 12.6 Å². The van der Waals surface area contributed by atoms with Crippen molar-refractivity contribution in [1.29, 1.82) is 0 Å². The number of nitrogens with one attached hydrogen (secondary N) is 1. The van der Waals surface area contributed by atoms with Crippen LogP contribution >= 0.6 is 11.8 Å². The molecule has 2 aliphatic heterocycles. The van der Waals surface area contributed by atoms with E-state index < -0.39 is 0 Å². The summed E-state index contributed by atoms with van der Waals surface area (Å²) < 4.78 is 13.6. The van der Waals surface area contributed by atoms with Crippen LogP contribution in [0.15, 0.2) is 29.2 Å². The van der Waals surface area contributed by atoms with Gasteiger partial charge in [-0.2, -0.15) is 0 Å². The van der Waals surface area contributed by atoms with E-state index in [0.29, 0.717) is 0 Å². The highest BCUT2D eigenvalue weighted by Crippen LogP contribution is 2.40. The monoisotopic (exact) mass is 294 g/mol. The van der Waals surface area contributed by atoms with Crippen LogP contribution in [-0.2, 0) is 0 Å². The van der Waals surface area contributed by atoms with E-state index >= 15 is 0 Å². The molecule has 20 heavy (non-hydrogen) atoms. The normalized spacial score (nSPS) is 28.8. The van der Waals surface area contributed by atoms with Crippen molar-refractivity contribution in [2.75, 3.05) is 31.9 Å². The number of benzene rings is 1. The number of rotatable bonds is 4. The summed E-state index contributed by atoms with van der Waals surface area (Å²) in [5.74, 6) is 2.42. The fraction of sp³-hybridized carbons (Fsp3) is 0.625. The molecule has 2 atom stereocenters. The van der Waals surface area contributed by atoms with Gasteiger partial charge in [-0.05, 0) is 44.4 Å². The Kier molecular flexibility index (Phi) is 4.07. The molecule has 1 N–H and O–H groups in total. The quantitative estimate of drug-likeness (QED) is 0.860. The topological polar surface area (TPSA) is 15.3 Å². The minimum atomic E-state index is -0.0979. The molecule has 0 amide bonds. The van der Waals surface area contributed by atoms with Crippen LogP contribution < -0.4 is 5.32 Å². The molecule has 2 heterocycles. The van der Waals surface area contributed by atoms with Crippen molar-refractivity contribution in [2.24, 2.45) is 11.8 Å². The molecule has 0 bridgehead atoms. The Bertz CT molecular complexity index is 477. The number of nitrogens with zero attached hydrogens (tertiary/aromatic N) is 1. The lowest BCUT2D eigenvalue weighted by atomic mass is 9.85. The van der Waals surface area contributed by atoms with Crippen LogP contribution in [0.1, 0.15) is 13.8 Å². The van der Waals surface area contributed by atoms with Gasteiger partial charge < -0.3 is 5.32 Å². The summed E-state index contributed by atoms with van der Waals surface area (Å²) in [4.78, 5) is 3.36. The molecular formula is C16H23FN2S. The third-order valence-corrected chi connectivity index (χ3v) is 6.00. The fourth-order valence-corrected chi connectivity index (χ4v) is 4.62. The number of hydrogen-bond acceptors (Lipinski definition) is 3. The fourth-order valence-electron chi connectivity index (χ4n) is 3.71.